The number of hydrogen-bond acceptors (Lipinski definition) is 3. The molecule has 3 rings (SSSR count). The maximum Gasteiger partial charge on any atom is 0.239 e. The molecule has 1 amide bonds. The van der Waals surface area contributed by atoms with Gasteiger partial charge in [-0.15, -0.1) is 12.4 Å². The van der Waals surface area contributed by atoms with Crippen molar-refractivity contribution in [3.63, 3.8) is 0 Å². The normalized spacial score (nSPS) is 15.4. The predicted molar refractivity (Wildman–Crippen MR) is 101 cm³/mol. The molecule has 0 aromatic heterocycles. The third-order valence-corrected chi connectivity index (χ3v) is 4.40. The van der Waals surface area contributed by atoms with Crippen molar-refractivity contribution in [3.8, 4) is 0 Å². The molecule has 0 aliphatic carbocycles. The summed E-state index contributed by atoms with van der Waals surface area (Å²) in [7, 11) is 0. The molecule has 2 N–H and O–H groups in total. The van der Waals surface area contributed by atoms with Crippen LogP contribution in [-0.2, 0) is 11.2 Å². The van der Waals surface area contributed by atoms with Gasteiger partial charge in [0.2, 0.25) is 5.91 Å². The van der Waals surface area contributed by atoms with E-state index in [1.54, 1.807) is 12.1 Å². The number of halogens is 2. The zero-order valence-electron chi connectivity index (χ0n) is 14.0. The standard InChI is InChI=1S/C19H22FN3O.ClH/c20-16-6-8-17(9-7-16)22-10-12-23(13-11-22)19(24)18(21)14-15-4-2-1-3-5-15;/h1-9,18H,10-14,21H2;1H. The van der Waals surface area contributed by atoms with Gasteiger partial charge in [0.05, 0.1) is 6.04 Å². The summed E-state index contributed by atoms with van der Waals surface area (Å²) in [6, 6.07) is 15.8. The van der Waals surface area contributed by atoms with Crippen LogP contribution in [0.3, 0.4) is 0 Å². The SMILES string of the molecule is Cl.NC(Cc1ccccc1)C(=O)N1CCN(c2ccc(F)cc2)CC1. The van der Waals surface area contributed by atoms with E-state index in [0.29, 0.717) is 19.5 Å². The van der Waals surface area contributed by atoms with Gasteiger partial charge in [-0.1, -0.05) is 30.3 Å². The summed E-state index contributed by atoms with van der Waals surface area (Å²) in [5, 5.41) is 0. The number of carbonyl (C=O) groups is 1. The molecule has 25 heavy (non-hydrogen) atoms. The summed E-state index contributed by atoms with van der Waals surface area (Å²) < 4.78 is 13.0. The minimum absolute atomic E-state index is 0. The van der Waals surface area contributed by atoms with E-state index in [1.165, 1.54) is 12.1 Å². The summed E-state index contributed by atoms with van der Waals surface area (Å²) in [5.41, 5.74) is 8.15. The van der Waals surface area contributed by atoms with Gasteiger partial charge < -0.3 is 15.5 Å². The molecule has 1 atom stereocenters. The number of amides is 1. The molecule has 0 spiro atoms. The van der Waals surface area contributed by atoms with E-state index in [9.17, 15) is 9.18 Å². The quantitative estimate of drug-likeness (QED) is 0.907. The fourth-order valence-electron chi connectivity index (χ4n) is 3.03. The molecule has 134 valence electrons. The fraction of sp³-hybridized carbons (Fsp3) is 0.316. The van der Waals surface area contributed by atoms with E-state index in [2.05, 4.69) is 4.90 Å². The zero-order chi connectivity index (χ0) is 16.9. The summed E-state index contributed by atoms with van der Waals surface area (Å²) in [6.07, 6.45) is 0.553. The lowest BCUT2D eigenvalue weighted by Crippen LogP contribution is -2.53. The van der Waals surface area contributed by atoms with Gasteiger partial charge in [-0.05, 0) is 36.2 Å². The Bertz CT molecular complexity index is 673. The van der Waals surface area contributed by atoms with E-state index in [1.807, 2.05) is 35.2 Å². The van der Waals surface area contributed by atoms with Crippen LogP contribution in [0.5, 0.6) is 0 Å². The van der Waals surface area contributed by atoms with Crippen LogP contribution in [0.4, 0.5) is 10.1 Å². The van der Waals surface area contributed by atoms with E-state index in [4.69, 9.17) is 5.73 Å². The van der Waals surface area contributed by atoms with Crippen LogP contribution >= 0.6 is 12.4 Å². The lowest BCUT2D eigenvalue weighted by atomic mass is 10.1. The highest BCUT2D eigenvalue weighted by Gasteiger charge is 2.25. The highest BCUT2D eigenvalue weighted by Crippen LogP contribution is 2.17. The predicted octanol–water partition coefficient (Wildman–Crippen LogP) is 2.47. The average molecular weight is 364 g/mol. The van der Waals surface area contributed by atoms with Gasteiger partial charge in [0.15, 0.2) is 0 Å². The molecular formula is C19H23ClFN3O. The second-order valence-electron chi connectivity index (χ2n) is 6.08. The average Bonchev–Trinajstić information content (AvgIpc) is 2.63. The lowest BCUT2D eigenvalue weighted by molar-refractivity contribution is -0.132. The van der Waals surface area contributed by atoms with Crippen molar-refractivity contribution in [2.24, 2.45) is 5.73 Å². The molecule has 1 heterocycles. The van der Waals surface area contributed by atoms with Gasteiger partial charge in [0.25, 0.3) is 0 Å². The Balaban J connectivity index is 0.00000225. The molecular weight excluding hydrogens is 341 g/mol. The number of nitrogens with two attached hydrogens (primary N) is 1. The van der Waals surface area contributed by atoms with Crippen molar-refractivity contribution in [3.05, 3.63) is 66.0 Å². The van der Waals surface area contributed by atoms with E-state index < -0.39 is 6.04 Å². The fourth-order valence-corrected chi connectivity index (χ4v) is 3.03. The molecule has 6 heteroatoms. The molecule has 1 fully saturated rings. The topological polar surface area (TPSA) is 49.6 Å². The molecule has 1 unspecified atom stereocenters. The Morgan fingerprint density at radius 1 is 1.00 bits per heavy atom. The van der Waals surface area contributed by atoms with Gasteiger partial charge in [-0.3, -0.25) is 4.79 Å². The van der Waals surface area contributed by atoms with E-state index in [0.717, 1.165) is 24.3 Å². The van der Waals surface area contributed by atoms with Gasteiger partial charge in [0.1, 0.15) is 5.82 Å². The van der Waals surface area contributed by atoms with Crippen molar-refractivity contribution in [2.75, 3.05) is 31.1 Å². The first kappa shape index (κ1) is 19.2. The molecule has 1 aliphatic rings. The first-order valence-corrected chi connectivity index (χ1v) is 8.22. The molecule has 1 saturated heterocycles. The molecule has 2 aromatic carbocycles. The Morgan fingerprint density at radius 3 is 2.20 bits per heavy atom. The van der Waals surface area contributed by atoms with Gasteiger partial charge in [-0.2, -0.15) is 0 Å². The number of rotatable bonds is 4. The summed E-state index contributed by atoms with van der Waals surface area (Å²) in [6.45, 7) is 2.74. The zero-order valence-corrected chi connectivity index (χ0v) is 14.8. The molecule has 2 aromatic rings. The number of carbonyl (C=O) groups excluding carboxylic acids is 1. The highest BCUT2D eigenvalue weighted by atomic mass is 35.5. The van der Waals surface area contributed by atoms with Crippen molar-refractivity contribution in [1.29, 1.82) is 0 Å². The van der Waals surface area contributed by atoms with Crippen LogP contribution in [-0.4, -0.2) is 43.0 Å². The second kappa shape index (κ2) is 8.83. The smallest absolute Gasteiger partial charge is 0.239 e. The maximum atomic E-state index is 13.0. The van der Waals surface area contributed by atoms with Gasteiger partial charge >= 0.3 is 0 Å². The highest BCUT2D eigenvalue weighted by molar-refractivity contribution is 5.85. The van der Waals surface area contributed by atoms with Crippen LogP contribution < -0.4 is 10.6 Å². The third-order valence-electron chi connectivity index (χ3n) is 4.40. The Morgan fingerprint density at radius 2 is 1.60 bits per heavy atom. The summed E-state index contributed by atoms with van der Waals surface area (Å²) in [4.78, 5) is 16.5. The van der Waals surface area contributed by atoms with Crippen LogP contribution in [0.25, 0.3) is 0 Å². The van der Waals surface area contributed by atoms with Crippen LogP contribution in [0.2, 0.25) is 0 Å². The second-order valence-corrected chi connectivity index (χ2v) is 6.08. The van der Waals surface area contributed by atoms with Crippen molar-refractivity contribution in [1.82, 2.24) is 4.90 Å². The number of anilines is 1. The Hall–Kier alpha value is -2.11. The first-order valence-electron chi connectivity index (χ1n) is 8.22. The maximum absolute atomic E-state index is 13.0. The minimum Gasteiger partial charge on any atom is -0.368 e. The number of benzene rings is 2. The molecule has 0 bridgehead atoms. The first-order chi connectivity index (χ1) is 11.6. The van der Waals surface area contributed by atoms with Crippen molar-refractivity contribution in [2.45, 2.75) is 12.5 Å². The Kier molecular flexibility index (Phi) is 6.79. The monoisotopic (exact) mass is 363 g/mol. The molecule has 0 saturated carbocycles. The third kappa shape index (κ3) is 4.94. The number of piperazine rings is 1. The molecule has 0 radical (unpaired) electrons. The molecule has 1 aliphatic heterocycles. The van der Waals surface area contributed by atoms with E-state index >= 15 is 0 Å². The van der Waals surface area contributed by atoms with Gasteiger partial charge in [-0.25, -0.2) is 4.39 Å². The van der Waals surface area contributed by atoms with Crippen LogP contribution in [0.15, 0.2) is 54.6 Å². The van der Waals surface area contributed by atoms with Gasteiger partial charge in [0, 0.05) is 31.9 Å². The summed E-state index contributed by atoms with van der Waals surface area (Å²) in [5.74, 6) is -0.239. The lowest BCUT2D eigenvalue weighted by Gasteiger charge is -2.37. The minimum atomic E-state index is -0.509. The number of nitrogens with zero attached hydrogens (tertiary/aromatic N) is 2. The molecule has 4 nitrogen and oxygen atoms in total. The van der Waals surface area contributed by atoms with Crippen molar-refractivity contribution < 1.29 is 9.18 Å². The summed E-state index contributed by atoms with van der Waals surface area (Å²) >= 11 is 0. The largest absolute Gasteiger partial charge is 0.368 e. The van der Waals surface area contributed by atoms with Crippen LogP contribution in [0, 0.1) is 5.82 Å². The number of hydrogen-bond donors (Lipinski definition) is 1. The Labute approximate surface area is 153 Å². The van der Waals surface area contributed by atoms with Crippen LogP contribution in [0.1, 0.15) is 5.56 Å². The van der Waals surface area contributed by atoms with E-state index in [-0.39, 0.29) is 24.1 Å². The van der Waals surface area contributed by atoms with Crippen molar-refractivity contribution >= 4 is 24.0 Å².